The van der Waals surface area contributed by atoms with Gasteiger partial charge in [-0.1, -0.05) is 13.8 Å². The summed E-state index contributed by atoms with van der Waals surface area (Å²) in [4.78, 5) is 2.75. The van der Waals surface area contributed by atoms with Crippen LogP contribution in [0.2, 0.25) is 0 Å². The Morgan fingerprint density at radius 1 is 1.37 bits per heavy atom. The van der Waals surface area contributed by atoms with Crippen molar-refractivity contribution in [2.75, 3.05) is 13.1 Å². The van der Waals surface area contributed by atoms with Crippen molar-refractivity contribution in [1.82, 2.24) is 10.2 Å². The molecule has 19 heavy (non-hydrogen) atoms. The molecule has 3 heteroatoms. The maximum atomic E-state index is 5.66. The van der Waals surface area contributed by atoms with E-state index in [4.69, 9.17) is 4.42 Å². The van der Waals surface area contributed by atoms with Gasteiger partial charge in [0.25, 0.3) is 0 Å². The molecular formula is C16H26N2O. The van der Waals surface area contributed by atoms with Gasteiger partial charge in [-0.05, 0) is 31.7 Å². The molecule has 1 aliphatic heterocycles. The van der Waals surface area contributed by atoms with Crippen LogP contribution in [0.1, 0.15) is 56.9 Å². The minimum atomic E-state index is 0.587. The number of aryl methyl sites for hydroxylation is 1. The molecule has 0 amide bonds. The van der Waals surface area contributed by atoms with Gasteiger partial charge in [-0.3, -0.25) is 4.90 Å². The van der Waals surface area contributed by atoms with Gasteiger partial charge in [-0.2, -0.15) is 0 Å². The molecular weight excluding hydrogens is 236 g/mol. The highest BCUT2D eigenvalue weighted by atomic mass is 16.3. The average molecular weight is 262 g/mol. The molecule has 2 heterocycles. The van der Waals surface area contributed by atoms with Gasteiger partial charge in [0.15, 0.2) is 0 Å². The van der Waals surface area contributed by atoms with Crippen molar-refractivity contribution in [3.05, 3.63) is 23.7 Å². The third-order valence-corrected chi connectivity index (χ3v) is 4.93. The highest BCUT2D eigenvalue weighted by Crippen LogP contribution is 2.37. The zero-order chi connectivity index (χ0) is 13.2. The molecule has 0 spiro atoms. The van der Waals surface area contributed by atoms with Gasteiger partial charge in [0.2, 0.25) is 0 Å². The van der Waals surface area contributed by atoms with E-state index < -0.39 is 0 Å². The van der Waals surface area contributed by atoms with E-state index in [9.17, 15) is 0 Å². The van der Waals surface area contributed by atoms with Crippen LogP contribution in [0.3, 0.4) is 0 Å². The zero-order valence-corrected chi connectivity index (χ0v) is 12.2. The second-order valence-corrected chi connectivity index (χ2v) is 5.98. The number of hydrogen-bond acceptors (Lipinski definition) is 3. The normalized spacial score (nSPS) is 32.2. The zero-order valence-electron chi connectivity index (χ0n) is 12.2. The maximum absolute atomic E-state index is 5.66. The Bertz CT molecular complexity index is 415. The van der Waals surface area contributed by atoms with Crippen molar-refractivity contribution in [1.29, 1.82) is 0 Å². The number of rotatable bonds is 3. The topological polar surface area (TPSA) is 28.4 Å². The molecule has 1 N–H and O–H groups in total. The van der Waals surface area contributed by atoms with Gasteiger partial charge in [-0.15, -0.1) is 0 Å². The van der Waals surface area contributed by atoms with E-state index in [0.717, 1.165) is 13.0 Å². The first-order chi connectivity index (χ1) is 9.33. The van der Waals surface area contributed by atoms with Gasteiger partial charge >= 0.3 is 0 Å². The summed E-state index contributed by atoms with van der Waals surface area (Å²) in [6, 6.07) is 4.12. The Hall–Kier alpha value is -0.800. The van der Waals surface area contributed by atoms with Crippen molar-refractivity contribution >= 4 is 0 Å². The third-order valence-electron chi connectivity index (χ3n) is 4.93. The monoisotopic (exact) mass is 262 g/mol. The molecule has 106 valence electrons. The second-order valence-electron chi connectivity index (χ2n) is 5.98. The van der Waals surface area contributed by atoms with Crippen molar-refractivity contribution in [3.63, 3.8) is 0 Å². The number of hydrogen-bond donors (Lipinski definition) is 1. The van der Waals surface area contributed by atoms with E-state index in [-0.39, 0.29) is 0 Å². The number of nitrogens with zero attached hydrogens (tertiary/aromatic N) is 1. The van der Waals surface area contributed by atoms with Gasteiger partial charge in [0.1, 0.15) is 5.76 Å². The molecule has 3 rings (SSSR count). The highest BCUT2D eigenvalue weighted by Gasteiger charge is 2.35. The SMILES string of the molecule is CCC1CN(C2CCCc3occc32)C(CC)CN1. The molecule has 0 radical (unpaired) electrons. The Balaban J connectivity index is 1.83. The Morgan fingerprint density at radius 3 is 3.05 bits per heavy atom. The average Bonchev–Trinajstić information content (AvgIpc) is 2.94. The van der Waals surface area contributed by atoms with Crippen LogP contribution in [0, 0.1) is 0 Å². The molecule has 1 aliphatic carbocycles. The van der Waals surface area contributed by atoms with Crippen molar-refractivity contribution < 1.29 is 4.42 Å². The fraction of sp³-hybridized carbons (Fsp3) is 0.750. The first-order valence-electron chi connectivity index (χ1n) is 7.88. The summed E-state index contributed by atoms with van der Waals surface area (Å²) in [6.07, 6.45) is 8.01. The summed E-state index contributed by atoms with van der Waals surface area (Å²) >= 11 is 0. The van der Waals surface area contributed by atoms with Crippen molar-refractivity contribution in [2.45, 2.75) is 64.1 Å². The van der Waals surface area contributed by atoms with Gasteiger partial charge in [-0.25, -0.2) is 0 Å². The van der Waals surface area contributed by atoms with E-state index in [1.165, 1.54) is 43.6 Å². The third kappa shape index (κ3) is 2.46. The minimum Gasteiger partial charge on any atom is -0.469 e. The number of nitrogens with one attached hydrogen (secondary N) is 1. The molecule has 0 aromatic carbocycles. The number of furan rings is 1. The Labute approximate surface area is 116 Å². The molecule has 3 nitrogen and oxygen atoms in total. The second kappa shape index (κ2) is 5.68. The fourth-order valence-electron chi connectivity index (χ4n) is 3.73. The molecule has 0 bridgehead atoms. The predicted molar refractivity (Wildman–Crippen MR) is 77.3 cm³/mol. The molecule has 1 fully saturated rings. The summed E-state index contributed by atoms with van der Waals surface area (Å²) in [5, 5.41) is 3.69. The predicted octanol–water partition coefficient (Wildman–Crippen LogP) is 3.12. The Kier molecular flexibility index (Phi) is 3.94. The fourth-order valence-corrected chi connectivity index (χ4v) is 3.73. The van der Waals surface area contributed by atoms with Crippen molar-refractivity contribution in [3.8, 4) is 0 Å². The Morgan fingerprint density at radius 2 is 2.26 bits per heavy atom. The van der Waals surface area contributed by atoms with Crippen LogP contribution in [0.4, 0.5) is 0 Å². The van der Waals surface area contributed by atoms with Crippen LogP contribution in [0.25, 0.3) is 0 Å². The lowest BCUT2D eigenvalue weighted by Crippen LogP contribution is -2.57. The lowest BCUT2D eigenvalue weighted by Gasteiger charge is -2.45. The quantitative estimate of drug-likeness (QED) is 0.907. The molecule has 1 saturated heterocycles. The number of piperazine rings is 1. The number of fused-ring (bicyclic) bond motifs is 1. The van der Waals surface area contributed by atoms with E-state index in [2.05, 4.69) is 30.1 Å². The molecule has 0 saturated carbocycles. The van der Waals surface area contributed by atoms with Gasteiger partial charge in [0, 0.05) is 43.2 Å². The summed E-state index contributed by atoms with van der Waals surface area (Å²) in [6.45, 7) is 6.92. The summed E-state index contributed by atoms with van der Waals surface area (Å²) < 4.78 is 5.66. The van der Waals surface area contributed by atoms with Crippen LogP contribution in [0.15, 0.2) is 16.7 Å². The molecule has 1 aromatic heterocycles. The van der Waals surface area contributed by atoms with Crippen LogP contribution < -0.4 is 5.32 Å². The van der Waals surface area contributed by atoms with Crippen LogP contribution >= 0.6 is 0 Å². The largest absolute Gasteiger partial charge is 0.469 e. The van der Waals surface area contributed by atoms with E-state index in [1.807, 2.05) is 6.26 Å². The van der Waals surface area contributed by atoms with Crippen molar-refractivity contribution in [2.24, 2.45) is 0 Å². The van der Waals surface area contributed by atoms with Gasteiger partial charge < -0.3 is 9.73 Å². The summed E-state index contributed by atoms with van der Waals surface area (Å²) in [7, 11) is 0. The van der Waals surface area contributed by atoms with Gasteiger partial charge in [0.05, 0.1) is 6.26 Å². The highest BCUT2D eigenvalue weighted by molar-refractivity contribution is 5.24. The van der Waals surface area contributed by atoms with E-state index >= 15 is 0 Å². The maximum Gasteiger partial charge on any atom is 0.108 e. The van der Waals surface area contributed by atoms with Crippen LogP contribution in [-0.4, -0.2) is 30.1 Å². The smallest absolute Gasteiger partial charge is 0.108 e. The lowest BCUT2D eigenvalue weighted by atomic mass is 9.89. The lowest BCUT2D eigenvalue weighted by molar-refractivity contribution is 0.0671. The van der Waals surface area contributed by atoms with E-state index in [0.29, 0.717) is 18.1 Å². The standard InChI is InChI=1S/C16H26N2O/c1-3-12-11-18(13(4-2)10-17-12)15-6-5-7-16-14(15)8-9-19-16/h8-9,12-13,15,17H,3-7,10-11H2,1-2H3. The first kappa shape index (κ1) is 13.2. The minimum absolute atomic E-state index is 0.587. The molecule has 3 unspecified atom stereocenters. The first-order valence-corrected chi connectivity index (χ1v) is 7.88. The molecule has 3 atom stereocenters. The van der Waals surface area contributed by atoms with Crippen LogP contribution in [0.5, 0.6) is 0 Å². The molecule has 1 aromatic rings. The summed E-state index contributed by atoms with van der Waals surface area (Å²) in [5.41, 5.74) is 1.46. The molecule has 2 aliphatic rings. The summed E-state index contributed by atoms with van der Waals surface area (Å²) in [5.74, 6) is 1.23. The van der Waals surface area contributed by atoms with E-state index in [1.54, 1.807) is 0 Å². The van der Waals surface area contributed by atoms with Crippen LogP contribution in [-0.2, 0) is 6.42 Å².